The highest BCUT2D eigenvalue weighted by molar-refractivity contribution is 5.81. The molecular formula is C14H28N2O. The lowest BCUT2D eigenvalue weighted by Gasteiger charge is -2.13. The number of hydrogen-bond acceptors (Lipinski definition) is 2. The van der Waals surface area contributed by atoms with Crippen molar-refractivity contribution in [3.05, 3.63) is 12.7 Å². The summed E-state index contributed by atoms with van der Waals surface area (Å²) in [7, 11) is 0. The van der Waals surface area contributed by atoms with Gasteiger partial charge in [-0.2, -0.15) is 0 Å². The fraction of sp³-hybridized carbons (Fsp3) is 0.786. The van der Waals surface area contributed by atoms with E-state index in [1.807, 2.05) is 6.92 Å². The monoisotopic (exact) mass is 240 g/mol. The Bertz CT molecular complexity index is 204. The molecule has 0 aliphatic heterocycles. The Labute approximate surface area is 106 Å². The second kappa shape index (κ2) is 11.6. The Morgan fingerprint density at radius 3 is 2.53 bits per heavy atom. The van der Waals surface area contributed by atoms with Crippen molar-refractivity contribution in [1.29, 1.82) is 0 Å². The minimum atomic E-state index is -0.106. The van der Waals surface area contributed by atoms with Crippen molar-refractivity contribution < 1.29 is 4.79 Å². The molecule has 1 amide bonds. The van der Waals surface area contributed by atoms with E-state index in [4.69, 9.17) is 0 Å². The lowest BCUT2D eigenvalue weighted by Crippen LogP contribution is -2.42. The summed E-state index contributed by atoms with van der Waals surface area (Å²) in [6.07, 6.45) is 9.39. The van der Waals surface area contributed by atoms with Crippen LogP contribution in [0.3, 0.4) is 0 Å². The van der Waals surface area contributed by atoms with E-state index in [2.05, 4.69) is 24.1 Å². The molecule has 3 heteroatoms. The summed E-state index contributed by atoms with van der Waals surface area (Å²) in [6.45, 7) is 9.16. The van der Waals surface area contributed by atoms with Crippen LogP contribution < -0.4 is 10.6 Å². The maximum atomic E-state index is 11.5. The van der Waals surface area contributed by atoms with Gasteiger partial charge in [0.25, 0.3) is 0 Å². The van der Waals surface area contributed by atoms with Crippen LogP contribution >= 0.6 is 0 Å². The molecule has 0 saturated carbocycles. The predicted octanol–water partition coefficient (Wildman–Crippen LogP) is 2.63. The van der Waals surface area contributed by atoms with E-state index in [1.54, 1.807) is 6.08 Å². The van der Waals surface area contributed by atoms with Crippen molar-refractivity contribution in [2.45, 2.75) is 58.4 Å². The van der Waals surface area contributed by atoms with Crippen molar-refractivity contribution in [2.75, 3.05) is 13.1 Å². The predicted molar refractivity (Wildman–Crippen MR) is 74.0 cm³/mol. The summed E-state index contributed by atoms with van der Waals surface area (Å²) < 4.78 is 0. The van der Waals surface area contributed by atoms with Crippen LogP contribution in [0.2, 0.25) is 0 Å². The minimum absolute atomic E-state index is 0.0517. The first-order chi connectivity index (χ1) is 8.22. The number of nitrogens with one attached hydrogen (secondary N) is 2. The fourth-order valence-corrected chi connectivity index (χ4v) is 1.64. The van der Waals surface area contributed by atoms with Crippen LogP contribution in [0, 0.1) is 0 Å². The summed E-state index contributed by atoms with van der Waals surface area (Å²) in [4.78, 5) is 11.5. The average Bonchev–Trinajstić information content (AvgIpc) is 2.34. The van der Waals surface area contributed by atoms with Crippen molar-refractivity contribution in [3.8, 4) is 0 Å². The highest BCUT2D eigenvalue weighted by Crippen LogP contribution is 2.04. The van der Waals surface area contributed by atoms with Crippen molar-refractivity contribution in [3.63, 3.8) is 0 Å². The molecule has 0 bridgehead atoms. The zero-order valence-electron chi connectivity index (χ0n) is 11.4. The Balaban J connectivity index is 3.34. The van der Waals surface area contributed by atoms with Gasteiger partial charge in [-0.25, -0.2) is 0 Å². The van der Waals surface area contributed by atoms with Gasteiger partial charge in [0.1, 0.15) is 0 Å². The zero-order chi connectivity index (χ0) is 12.9. The smallest absolute Gasteiger partial charge is 0.237 e. The van der Waals surface area contributed by atoms with E-state index < -0.39 is 0 Å². The van der Waals surface area contributed by atoms with E-state index >= 15 is 0 Å². The standard InChI is InChI=1S/C14H28N2O/c1-4-6-7-8-9-10-12-15-13(3)14(17)16-11-5-2/h5,13,15H,2,4,6-12H2,1,3H3,(H,16,17). The second-order valence-corrected chi connectivity index (χ2v) is 4.48. The largest absolute Gasteiger partial charge is 0.351 e. The maximum Gasteiger partial charge on any atom is 0.237 e. The molecule has 0 aromatic heterocycles. The van der Waals surface area contributed by atoms with Gasteiger partial charge >= 0.3 is 0 Å². The number of unbranched alkanes of at least 4 members (excludes halogenated alkanes) is 5. The van der Waals surface area contributed by atoms with E-state index in [0.717, 1.165) is 13.0 Å². The summed E-state index contributed by atoms with van der Waals surface area (Å²) in [5.74, 6) is 0.0517. The lowest BCUT2D eigenvalue weighted by molar-refractivity contribution is -0.122. The third-order valence-corrected chi connectivity index (χ3v) is 2.79. The zero-order valence-corrected chi connectivity index (χ0v) is 11.4. The molecule has 3 nitrogen and oxygen atoms in total. The SMILES string of the molecule is C=CCNC(=O)C(C)NCCCCCCCC. The first-order valence-corrected chi connectivity index (χ1v) is 6.84. The van der Waals surface area contributed by atoms with Crippen LogP contribution in [0.25, 0.3) is 0 Å². The summed E-state index contributed by atoms with van der Waals surface area (Å²) >= 11 is 0. The molecule has 0 aromatic carbocycles. The summed E-state index contributed by atoms with van der Waals surface area (Å²) in [5, 5.41) is 6.02. The van der Waals surface area contributed by atoms with Crippen LogP contribution in [0.15, 0.2) is 12.7 Å². The van der Waals surface area contributed by atoms with Crippen molar-refractivity contribution >= 4 is 5.91 Å². The van der Waals surface area contributed by atoms with Crippen LogP contribution in [-0.4, -0.2) is 25.0 Å². The van der Waals surface area contributed by atoms with E-state index in [1.165, 1.54) is 32.1 Å². The molecule has 2 N–H and O–H groups in total. The molecule has 0 aliphatic rings. The number of rotatable bonds is 11. The summed E-state index contributed by atoms with van der Waals surface area (Å²) in [5.41, 5.74) is 0. The van der Waals surface area contributed by atoms with Gasteiger partial charge in [0, 0.05) is 6.54 Å². The number of carbonyl (C=O) groups excluding carboxylic acids is 1. The molecule has 0 fully saturated rings. The fourth-order valence-electron chi connectivity index (χ4n) is 1.64. The molecule has 0 radical (unpaired) electrons. The normalized spacial score (nSPS) is 12.1. The maximum absolute atomic E-state index is 11.5. The molecule has 100 valence electrons. The highest BCUT2D eigenvalue weighted by atomic mass is 16.2. The van der Waals surface area contributed by atoms with Gasteiger partial charge in [0.05, 0.1) is 6.04 Å². The molecule has 0 heterocycles. The Morgan fingerprint density at radius 1 is 1.24 bits per heavy atom. The molecule has 0 aliphatic carbocycles. The molecular weight excluding hydrogens is 212 g/mol. The number of carbonyl (C=O) groups is 1. The van der Waals surface area contributed by atoms with Crippen LogP contribution in [-0.2, 0) is 4.79 Å². The summed E-state index contributed by atoms with van der Waals surface area (Å²) in [6, 6.07) is -0.106. The topological polar surface area (TPSA) is 41.1 Å². The Hall–Kier alpha value is -0.830. The van der Waals surface area contributed by atoms with E-state index in [0.29, 0.717) is 6.54 Å². The molecule has 0 aromatic rings. The molecule has 1 atom stereocenters. The number of amides is 1. The van der Waals surface area contributed by atoms with Gasteiger partial charge in [0.15, 0.2) is 0 Å². The van der Waals surface area contributed by atoms with Gasteiger partial charge < -0.3 is 10.6 Å². The van der Waals surface area contributed by atoms with Gasteiger partial charge in [-0.05, 0) is 19.9 Å². The molecule has 1 unspecified atom stereocenters. The molecule has 0 rings (SSSR count). The third kappa shape index (κ3) is 10.1. The average molecular weight is 240 g/mol. The third-order valence-electron chi connectivity index (χ3n) is 2.79. The first kappa shape index (κ1) is 16.2. The number of hydrogen-bond donors (Lipinski definition) is 2. The molecule has 0 spiro atoms. The van der Waals surface area contributed by atoms with Crippen LogP contribution in [0.1, 0.15) is 52.4 Å². The van der Waals surface area contributed by atoms with E-state index in [9.17, 15) is 4.79 Å². The quantitative estimate of drug-likeness (QED) is 0.430. The van der Waals surface area contributed by atoms with Gasteiger partial charge in [-0.1, -0.05) is 45.1 Å². The Morgan fingerprint density at radius 2 is 1.88 bits per heavy atom. The van der Waals surface area contributed by atoms with Gasteiger partial charge in [-0.3, -0.25) is 4.79 Å². The van der Waals surface area contributed by atoms with Gasteiger partial charge in [0.2, 0.25) is 5.91 Å². The van der Waals surface area contributed by atoms with Gasteiger partial charge in [-0.15, -0.1) is 6.58 Å². The minimum Gasteiger partial charge on any atom is -0.351 e. The van der Waals surface area contributed by atoms with Crippen LogP contribution in [0.4, 0.5) is 0 Å². The molecule has 0 saturated heterocycles. The lowest BCUT2D eigenvalue weighted by atomic mass is 10.1. The highest BCUT2D eigenvalue weighted by Gasteiger charge is 2.09. The van der Waals surface area contributed by atoms with Crippen LogP contribution in [0.5, 0.6) is 0 Å². The van der Waals surface area contributed by atoms with E-state index in [-0.39, 0.29) is 11.9 Å². The molecule has 17 heavy (non-hydrogen) atoms. The van der Waals surface area contributed by atoms with Crippen molar-refractivity contribution in [1.82, 2.24) is 10.6 Å². The van der Waals surface area contributed by atoms with Crippen molar-refractivity contribution in [2.24, 2.45) is 0 Å². The first-order valence-electron chi connectivity index (χ1n) is 6.84. The second-order valence-electron chi connectivity index (χ2n) is 4.48. The Kier molecular flexibility index (Phi) is 11.1.